The van der Waals surface area contributed by atoms with Gasteiger partial charge in [-0.3, -0.25) is 4.99 Å². The quantitative estimate of drug-likeness (QED) is 0.598. The fourth-order valence-corrected chi connectivity index (χ4v) is 2.07. The van der Waals surface area contributed by atoms with E-state index >= 15 is 0 Å². The summed E-state index contributed by atoms with van der Waals surface area (Å²) in [5.74, 6) is 0. The largest absolute Gasteiger partial charge is 0.456 e. The highest BCUT2D eigenvalue weighted by atomic mass is 16.3. The lowest BCUT2D eigenvalue weighted by Gasteiger charge is -1.96. The van der Waals surface area contributed by atoms with Crippen LogP contribution in [0.2, 0.25) is 0 Å². The molecule has 1 aromatic heterocycles. The summed E-state index contributed by atoms with van der Waals surface area (Å²) in [6, 6.07) is 14.4. The Kier molecular flexibility index (Phi) is 2.41. The van der Waals surface area contributed by atoms with E-state index in [2.05, 4.69) is 23.2 Å². The van der Waals surface area contributed by atoms with Crippen LogP contribution >= 0.6 is 0 Å². The van der Waals surface area contributed by atoms with Gasteiger partial charge in [0.1, 0.15) is 11.2 Å². The maximum absolute atomic E-state index is 5.77. The van der Waals surface area contributed by atoms with Crippen LogP contribution in [0.4, 0.5) is 0 Å². The van der Waals surface area contributed by atoms with Crippen molar-refractivity contribution in [2.75, 3.05) is 0 Å². The number of hydrogen-bond donors (Lipinski definition) is 0. The molecule has 0 saturated carbocycles. The number of nitrogens with zero attached hydrogens (tertiary/aromatic N) is 1. The van der Waals surface area contributed by atoms with Gasteiger partial charge in [0.2, 0.25) is 0 Å². The molecule has 0 aliphatic heterocycles. The Morgan fingerprint density at radius 2 is 1.88 bits per heavy atom. The second kappa shape index (κ2) is 4.06. The molecule has 0 atom stereocenters. The molecule has 0 amide bonds. The van der Waals surface area contributed by atoms with Crippen molar-refractivity contribution in [2.24, 2.45) is 4.99 Å². The van der Waals surface area contributed by atoms with Gasteiger partial charge in [0, 0.05) is 10.8 Å². The molecular weight excluding hydrogens is 210 g/mol. The minimum Gasteiger partial charge on any atom is -0.456 e. The van der Waals surface area contributed by atoms with E-state index in [-0.39, 0.29) is 0 Å². The zero-order chi connectivity index (χ0) is 11.7. The molecule has 0 radical (unpaired) electrons. The van der Waals surface area contributed by atoms with Crippen molar-refractivity contribution in [3.05, 3.63) is 48.0 Å². The van der Waals surface area contributed by atoms with Crippen LogP contribution in [-0.2, 0) is 6.54 Å². The van der Waals surface area contributed by atoms with Crippen molar-refractivity contribution >= 4 is 28.2 Å². The van der Waals surface area contributed by atoms with E-state index in [0.29, 0.717) is 0 Å². The van der Waals surface area contributed by atoms with Crippen LogP contribution in [0.3, 0.4) is 0 Å². The molecule has 0 aliphatic carbocycles. The summed E-state index contributed by atoms with van der Waals surface area (Å²) in [4.78, 5) is 4.26. The molecule has 3 rings (SSSR count). The zero-order valence-corrected chi connectivity index (χ0v) is 9.68. The van der Waals surface area contributed by atoms with Crippen molar-refractivity contribution in [1.82, 2.24) is 0 Å². The third-order valence-corrected chi connectivity index (χ3v) is 2.90. The topological polar surface area (TPSA) is 25.5 Å². The highest BCUT2D eigenvalue weighted by Crippen LogP contribution is 2.29. The molecule has 0 saturated heterocycles. The van der Waals surface area contributed by atoms with Crippen LogP contribution in [-0.4, -0.2) is 6.21 Å². The van der Waals surface area contributed by atoms with Crippen LogP contribution in [0, 0.1) is 0 Å². The average Bonchev–Trinajstić information content (AvgIpc) is 2.74. The number of fused-ring (bicyclic) bond motifs is 3. The van der Waals surface area contributed by atoms with E-state index in [1.165, 1.54) is 16.3 Å². The Balaban J connectivity index is 2.22. The molecule has 0 aliphatic rings. The van der Waals surface area contributed by atoms with Gasteiger partial charge in [0.15, 0.2) is 0 Å². The molecule has 2 heteroatoms. The van der Waals surface area contributed by atoms with Crippen molar-refractivity contribution in [2.45, 2.75) is 13.5 Å². The summed E-state index contributed by atoms with van der Waals surface area (Å²) in [6.45, 7) is 2.66. The van der Waals surface area contributed by atoms with E-state index in [9.17, 15) is 0 Å². The third-order valence-electron chi connectivity index (χ3n) is 2.90. The lowest BCUT2D eigenvalue weighted by molar-refractivity contribution is 0.669. The second-order valence-corrected chi connectivity index (χ2v) is 4.03. The lowest BCUT2D eigenvalue weighted by Crippen LogP contribution is -1.80. The first kappa shape index (κ1) is 10.1. The lowest BCUT2D eigenvalue weighted by atomic mass is 10.1. The zero-order valence-electron chi connectivity index (χ0n) is 9.68. The van der Waals surface area contributed by atoms with Gasteiger partial charge in [-0.15, -0.1) is 0 Å². The van der Waals surface area contributed by atoms with E-state index in [0.717, 1.165) is 17.7 Å². The van der Waals surface area contributed by atoms with E-state index in [1.54, 1.807) is 0 Å². The molecule has 3 aromatic rings. The van der Waals surface area contributed by atoms with E-state index in [1.807, 2.05) is 37.4 Å². The Morgan fingerprint density at radius 3 is 2.76 bits per heavy atom. The highest BCUT2D eigenvalue weighted by molar-refractivity contribution is 6.04. The van der Waals surface area contributed by atoms with Gasteiger partial charge in [-0.25, -0.2) is 0 Å². The summed E-state index contributed by atoms with van der Waals surface area (Å²) in [7, 11) is 0. The normalized spacial score (nSPS) is 11.8. The average molecular weight is 223 g/mol. The van der Waals surface area contributed by atoms with E-state index in [4.69, 9.17) is 4.42 Å². The smallest absolute Gasteiger partial charge is 0.135 e. The van der Waals surface area contributed by atoms with Crippen LogP contribution in [0.1, 0.15) is 12.5 Å². The second-order valence-electron chi connectivity index (χ2n) is 4.03. The van der Waals surface area contributed by atoms with Gasteiger partial charge in [-0.05, 0) is 36.9 Å². The maximum atomic E-state index is 5.77. The number of hydrogen-bond acceptors (Lipinski definition) is 2. The molecule has 0 N–H and O–H groups in total. The maximum Gasteiger partial charge on any atom is 0.135 e. The minimum atomic E-state index is 0.728. The number of rotatable bonds is 2. The number of benzene rings is 2. The molecule has 0 fully saturated rings. The molecule has 84 valence electrons. The molecule has 2 nitrogen and oxygen atoms in total. The van der Waals surface area contributed by atoms with E-state index < -0.39 is 0 Å². The molecule has 0 spiro atoms. The van der Waals surface area contributed by atoms with Gasteiger partial charge >= 0.3 is 0 Å². The van der Waals surface area contributed by atoms with Crippen LogP contribution in [0.15, 0.2) is 51.9 Å². The van der Waals surface area contributed by atoms with Gasteiger partial charge in [0.05, 0.1) is 6.54 Å². The predicted octanol–water partition coefficient (Wildman–Crippen LogP) is 4.18. The Bertz CT molecular complexity index is 694. The van der Waals surface area contributed by atoms with Crippen molar-refractivity contribution in [3.63, 3.8) is 0 Å². The van der Waals surface area contributed by atoms with Crippen molar-refractivity contribution in [1.29, 1.82) is 0 Å². The van der Waals surface area contributed by atoms with Crippen molar-refractivity contribution < 1.29 is 4.42 Å². The molecular formula is C15H13NO. The first-order chi connectivity index (χ1) is 8.38. The third kappa shape index (κ3) is 1.72. The number of furan rings is 1. The van der Waals surface area contributed by atoms with Gasteiger partial charge in [-0.1, -0.05) is 24.3 Å². The Hall–Kier alpha value is -2.09. The Labute approximate surface area is 99.6 Å². The van der Waals surface area contributed by atoms with Gasteiger partial charge < -0.3 is 4.42 Å². The summed E-state index contributed by atoms with van der Waals surface area (Å²) in [5, 5.41) is 2.34. The van der Waals surface area contributed by atoms with Crippen LogP contribution in [0.25, 0.3) is 21.9 Å². The first-order valence-electron chi connectivity index (χ1n) is 5.73. The SMILES string of the molecule is C/C=N/Cc1ccc2oc3ccccc3c2c1. The summed E-state index contributed by atoms with van der Waals surface area (Å²) < 4.78 is 5.77. The molecule has 1 heterocycles. The first-order valence-corrected chi connectivity index (χ1v) is 5.73. The molecule has 17 heavy (non-hydrogen) atoms. The highest BCUT2D eigenvalue weighted by Gasteiger charge is 2.06. The summed E-state index contributed by atoms with van der Waals surface area (Å²) in [5.41, 5.74) is 3.09. The van der Waals surface area contributed by atoms with Gasteiger partial charge in [-0.2, -0.15) is 0 Å². The molecule has 0 bridgehead atoms. The fourth-order valence-electron chi connectivity index (χ4n) is 2.07. The fraction of sp³-hybridized carbons (Fsp3) is 0.133. The monoisotopic (exact) mass is 223 g/mol. The standard InChI is InChI=1S/C15H13NO/c1-2-16-10-11-7-8-15-13(9-11)12-5-3-4-6-14(12)17-15/h2-9H,10H2,1H3/b16-2+. The van der Waals surface area contributed by atoms with Crippen LogP contribution < -0.4 is 0 Å². The number of para-hydroxylation sites is 1. The Morgan fingerprint density at radius 1 is 1.06 bits per heavy atom. The molecule has 0 unspecified atom stereocenters. The number of aliphatic imine (C=N–C) groups is 1. The predicted molar refractivity (Wildman–Crippen MR) is 71.6 cm³/mol. The van der Waals surface area contributed by atoms with Gasteiger partial charge in [0.25, 0.3) is 0 Å². The minimum absolute atomic E-state index is 0.728. The molecule has 2 aromatic carbocycles. The summed E-state index contributed by atoms with van der Waals surface area (Å²) >= 11 is 0. The van der Waals surface area contributed by atoms with Crippen LogP contribution in [0.5, 0.6) is 0 Å². The van der Waals surface area contributed by atoms with Crippen molar-refractivity contribution in [3.8, 4) is 0 Å². The summed E-state index contributed by atoms with van der Waals surface area (Å²) in [6.07, 6.45) is 1.83.